The van der Waals surface area contributed by atoms with Crippen molar-refractivity contribution in [2.75, 3.05) is 0 Å². The van der Waals surface area contributed by atoms with Gasteiger partial charge in [-0.3, -0.25) is 0 Å². The third-order valence-corrected chi connectivity index (χ3v) is 3.25. The van der Waals surface area contributed by atoms with E-state index in [0.717, 1.165) is 12.0 Å². The van der Waals surface area contributed by atoms with Gasteiger partial charge in [-0.25, -0.2) is 0 Å². The van der Waals surface area contributed by atoms with Crippen LogP contribution in [0.2, 0.25) is 0 Å². The van der Waals surface area contributed by atoms with Crippen LogP contribution in [0.4, 0.5) is 22.0 Å². The summed E-state index contributed by atoms with van der Waals surface area (Å²) in [7, 11) is 0. The van der Waals surface area contributed by atoms with Crippen molar-refractivity contribution in [3.05, 3.63) is 35.4 Å². The molecule has 1 rings (SSSR count). The van der Waals surface area contributed by atoms with Crippen molar-refractivity contribution in [2.45, 2.75) is 44.3 Å². The Labute approximate surface area is 108 Å². The molecule has 0 fully saturated rings. The topological polar surface area (TPSA) is 26.0 Å². The molecule has 0 spiro atoms. The predicted molar refractivity (Wildman–Crippen MR) is 63.1 cm³/mol. The Morgan fingerprint density at radius 3 is 1.79 bits per heavy atom. The van der Waals surface area contributed by atoms with Crippen molar-refractivity contribution in [3.8, 4) is 0 Å². The quantitative estimate of drug-likeness (QED) is 0.813. The smallest absolute Gasteiger partial charge is 0.319 e. The maximum atomic E-state index is 13.1. The fourth-order valence-electron chi connectivity index (χ4n) is 1.65. The van der Waals surface area contributed by atoms with Crippen molar-refractivity contribution in [1.29, 1.82) is 0 Å². The Bertz CT molecular complexity index is 410. The van der Waals surface area contributed by atoms with Gasteiger partial charge in [-0.2, -0.15) is 22.0 Å². The van der Waals surface area contributed by atoms with Crippen LogP contribution in [-0.4, -0.2) is 12.1 Å². The minimum Gasteiger partial charge on any atom is -0.319 e. The van der Waals surface area contributed by atoms with Gasteiger partial charge in [-0.1, -0.05) is 38.1 Å². The van der Waals surface area contributed by atoms with Gasteiger partial charge in [0.15, 0.2) is 0 Å². The maximum absolute atomic E-state index is 13.1. The molecule has 0 radical (unpaired) electrons. The average molecular weight is 281 g/mol. The molecule has 19 heavy (non-hydrogen) atoms. The minimum atomic E-state index is -5.65. The summed E-state index contributed by atoms with van der Waals surface area (Å²) in [4.78, 5) is 0. The molecule has 0 saturated heterocycles. The van der Waals surface area contributed by atoms with Crippen LogP contribution in [0.1, 0.15) is 43.4 Å². The number of benzene rings is 1. The first-order valence-electron chi connectivity index (χ1n) is 5.91. The normalized spacial score (nSPS) is 16.2. The van der Waals surface area contributed by atoms with E-state index in [4.69, 9.17) is 5.73 Å². The summed E-state index contributed by atoms with van der Waals surface area (Å²) in [5.74, 6) is -4.72. The van der Waals surface area contributed by atoms with E-state index < -0.39 is 18.1 Å². The molecular formula is C13H16F5N. The lowest BCUT2D eigenvalue weighted by molar-refractivity contribution is -0.291. The molecule has 1 aromatic rings. The SMILES string of the molecule is CCC(C)c1ccc(C(N)C(F)(F)C(F)(F)F)cc1. The van der Waals surface area contributed by atoms with Gasteiger partial charge in [0.25, 0.3) is 0 Å². The second-order valence-electron chi connectivity index (χ2n) is 4.57. The summed E-state index contributed by atoms with van der Waals surface area (Å²) in [6.07, 6.45) is -4.80. The molecule has 108 valence electrons. The van der Waals surface area contributed by atoms with Crippen LogP contribution in [0, 0.1) is 0 Å². The third-order valence-electron chi connectivity index (χ3n) is 3.25. The number of hydrogen-bond donors (Lipinski definition) is 1. The molecule has 0 aliphatic heterocycles. The molecular weight excluding hydrogens is 265 g/mol. The Balaban J connectivity index is 2.99. The first-order chi connectivity index (χ1) is 8.61. The molecule has 0 aliphatic carbocycles. The van der Waals surface area contributed by atoms with E-state index in [1.807, 2.05) is 13.8 Å². The van der Waals surface area contributed by atoms with Gasteiger partial charge in [0.2, 0.25) is 0 Å². The molecule has 0 bridgehead atoms. The van der Waals surface area contributed by atoms with Gasteiger partial charge in [0.05, 0.1) is 0 Å². The molecule has 0 aromatic heterocycles. The van der Waals surface area contributed by atoms with E-state index in [0.29, 0.717) is 0 Å². The van der Waals surface area contributed by atoms with Crippen LogP contribution in [-0.2, 0) is 0 Å². The summed E-state index contributed by atoms with van der Waals surface area (Å²) in [6, 6.07) is 3.14. The van der Waals surface area contributed by atoms with Crippen LogP contribution >= 0.6 is 0 Å². The summed E-state index contributed by atoms with van der Waals surface area (Å²) in [5, 5.41) is 0. The molecule has 0 amide bonds. The highest BCUT2D eigenvalue weighted by Gasteiger charge is 2.61. The van der Waals surface area contributed by atoms with Crippen molar-refractivity contribution in [3.63, 3.8) is 0 Å². The van der Waals surface area contributed by atoms with Gasteiger partial charge in [-0.05, 0) is 23.5 Å². The van der Waals surface area contributed by atoms with Crippen LogP contribution < -0.4 is 5.73 Å². The summed E-state index contributed by atoms with van der Waals surface area (Å²) in [6.45, 7) is 3.90. The minimum absolute atomic E-state index is 0.216. The molecule has 6 heteroatoms. The Hall–Kier alpha value is -1.17. The van der Waals surface area contributed by atoms with E-state index in [1.54, 1.807) is 0 Å². The first-order valence-corrected chi connectivity index (χ1v) is 5.91. The van der Waals surface area contributed by atoms with Gasteiger partial charge >= 0.3 is 12.1 Å². The lowest BCUT2D eigenvalue weighted by Crippen LogP contribution is -2.45. The van der Waals surface area contributed by atoms with Crippen molar-refractivity contribution in [2.24, 2.45) is 5.73 Å². The maximum Gasteiger partial charge on any atom is 0.455 e. The molecule has 1 aromatic carbocycles. The lowest BCUT2D eigenvalue weighted by atomic mass is 9.94. The second-order valence-corrected chi connectivity index (χ2v) is 4.57. The molecule has 2 N–H and O–H groups in total. The highest BCUT2D eigenvalue weighted by Crippen LogP contribution is 2.43. The molecule has 0 aliphatic rings. The number of rotatable bonds is 4. The molecule has 0 heterocycles. The molecule has 0 saturated carbocycles. The zero-order valence-electron chi connectivity index (χ0n) is 10.6. The zero-order valence-corrected chi connectivity index (χ0v) is 10.6. The molecule has 1 nitrogen and oxygen atoms in total. The molecule has 2 unspecified atom stereocenters. The molecule has 2 atom stereocenters. The first kappa shape index (κ1) is 15.9. The van der Waals surface area contributed by atoms with Crippen LogP contribution in [0.5, 0.6) is 0 Å². The van der Waals surface area contributed by atoms with Gasteiger partial charge in [0.1, 0.15) is 6.04 Å². The van der Waals surface area contributed by atoms with Crippen LogP contribution in [0.25, 0.3) is 0 Å². The summed E-state index contributed by atoms with van der Waals surface area (Å²) < 4.78 is 62.8. The van der Waals surface area contributed by atoms with Gasteiger partial charge in [-0.15, -0.1) is 0 Å². The van der Waals surface area contributed by atoms with Crippen LogP contribution in [0.15, 0.2) is 24.3 Å². The fraction of sp³-hybridized carbons (Fsp3) is 0.538. The monoisotopic (exact) mass is 281 g/mol. The average Bonchev–Trinajstić information content (AvgIpc) is 2.35. The van der Waals surface area contributed by atoms with E-state index in [9.17, 15) is 22.0 Å². The number of hydrogen-bond acceptors (Lipinski definition) is 1. The van der Waals surface area contributed by atoms with Crippen molar-refractivity contribution in [1.82, 2.24) is 0 Å². The predicted octanol–water partition coefficient (Wildman–Crippen LogP) is 4.40. The summed E-state index contributed by atoms with van der Waals surface area (Å²) >= 11 is 0. The van der Waals surface area contributed by atoms with Crippen molar-refractivity contribution < 1.29 is 22.0 Å². The van der Waals surface area contributed by atoms with E-state index in [1.165, 1.54) is 24.3 Å². The highest BCUT2D eigenvalue weighted by molar-refractivity contribution is 5.28. The Morgan fingerprint density at radius 1 is 1.00 bits per heavy atom. The Kier molecular flexibility index (Phi) is 4.55. The standard InChI is InChI=1S/C13H16F5N/c1-3-8(2)9-4-6-10(7-5-9)11(19)12(14,15)13(16,17)18/h4-8,11H,3,19H2,1-2H3. The fourth-order valence-corrected chi connectivity index (χ4v) is 1.65. The number of halogens is 5. The second kappa shape index (κ2) is 5.45. The van der Waals surface area contributed by atoms with Gasteiger partial charge in [0, 0.05) is 0 Å². The summed E-state index contributed by atoms with van der Waals surface area (Å²) in [5.41, 5.74) is 5.70. The Morgan fingerprint density at radius 2 is 1.42 bits per heavy atom. The van der Waals surface area contributed by atoms with E-state index in [2.05, 4.69) is 0 Å². The number of nitrogens with two attached hydrogens (primary N) is 1. The third kappa shape index (κ3) is 3.23. The highest BCUT2D eigenvalue weighted by atomic mass is 19.4. The number of alkyl halides is 5. The van der Waals surface area contributed by atoms with Crippen molar-refractivity contribution >= 4 is 0 Å². The largest absolute Gasteiger partial charge is 0.455 e. The zero-order chi connectivity index (χ0) is 14.8. The van der Waals surface area contributed by atoms with E-state index in [-0.39, 0.29) is 11.5 Å². The lowest BCUT2D eigenvalue weighted by Gasteiger charge is -2.26. The van der Waals surface area contributed by atoms with Crippen LogP contribution in [0.3, 0.4) is 0 Å². The van der Waals surface area contributed by atoms with E-state index >= 15 is 0 Å². The van der Waals surface area contributed by atoms with Gasteiger partial charge < -0.3 is 5.73 Å².